The minimum Gasteiger partial charge on any atom is -0.459 e. The molecule has 0 aromatic heterocycles. The van der Waals surface area contributed by atoms with E-state index in [1.807, 2.05) is 19.9 Å². The molecule has 4 aliphatic carbocycles. The fourth-order valence-corrected chi connectivity index (χ4v) is 7.50. The van der Waals surface area contributed by atoms with E-state index < -0.39 is 0 Å². The number of hydrogen-bond acceptors (Lipinski definition) is 2. The number of allylic oxidation sites excluding steroid dienone is 2. The number of fused-ring (bicyclic) bond motifs is 10. The second-order valence-electron chi connectivity index (χ2n) is 9.81. The molecule has 3 fully saturated rings. The summed E-state index contributed by atoms with van der Waals surface area (Å²) in [5.74, 6) is 5.30. The maximum Gasteiger partial charge on any atom is 0.338 e. The van der Waals surface area contributed by atoms with Gasteiger partial charge in [-0.3, -0.25) is 0 Å². The van der Waals surface area contributed by atoms with Crippen molar-refractivity contribution in [3.63, 3.8) is 0 Å². The summed E-state index contributed by atoms with van der Waals surface area (Å²) >= 11 is 0. The van der Waals surface area contributed by atoms with E-state index in [1.165, 1.54) is 35.6 Å². The standard InChI is InChI=1S/C26H28O2/c1-14(2)28-26(27)20-10-9-15-5-3-4-6-19(15)25(20)22-13-18-12-21(22)24-17-8-7-16(11-17)23(18)24/h3-10,14,16-18,21-24H,11-13H2,1-2H3. The quantitative estimate of drug-likeness (QED) is 0.377. The first-order chi connectivity index (χ1) is 13.6. The summed E-state index contributed by atoms with van der Waals surface area (Å²) in [5, 5.41) is 2.50. The van der Waals surface area contributed by atoms with Crippen molar-refractivity contribution in [1.29, 1.82) is 0 Å². The van der Waals surface area contributed by atoms with Gasteiger partial charge in [0.2, 0.25) is 0 Å². The van der Waals surface area contributed by atoms with Crippen molar-refractivity contribution < 1.29 is 9.53 Å². The SMILES string of the molecule is CC(C)OC(=O)c1ccc2ccccc2c1C1CC2CC1C1C3C=CC(C3)C21. The molecule has 144 valence electrons. The van der Waals surface area contributed by atoms with Crippen LogP contribution in [-0.2, 0) is 4.74 Å². The van der Waals surface area contributed by atoms with E-state index in [9.17, 15) is 4.79 Å². The van der Waals surface area contributed by atoms with Crippen molar-refractivity contribution in [2.24, 2.45) is 35.5 Å². The van der Waals surface area contributed by atoms with Gasteiger partial charge in [-0.25, -0.2) is 4.79 Å². The van der Waals surface area contributed by atoms with E-state index >= 15 is 0 Å². The molecule has 0 spiro atoms. The molecule has 4 aliphatic rings. The smallest absolute Gasteiger partial charge is 0.338 e. The molecule has 3 saturated carbocycles. The lowest BCUT2D eigenvalue weighted by atomic mass is 9.67. The van der Waals surface area contributed by atoms with Gasteiger partial charge >= 0.3 is 5.97 Å². The largest absolute Gasteiger partial charge is 0.459 e. The molecule has 4 bridgehead atoms. The molecule has 0 N–H and O–H groups in total. The van der Waals surface area contributed by atoms with Gasteiger partial charge in [0.05, 0.1) is 11.7 Å². The Morgan fingerprint density at radius 3 is 2.57 bits per heavy atom. The van der Waals surface area contributed by atoms with Crippen LogP contribution in [0.25, 0.3) is 10.8 Å². The minimum atomic E-state index is -0.150. The highest BCUT2D eigenvalue weighted by atomic mass is 16.5. The second-order valence-corrected chi connectivity index (χ2v) is 9.81. The summed E-state index contributed by atoms with van der Waals surface area (Å²) in [6.45, 7) is 3.87. The summed E-state index contributed by atoms with van der Waals surface area (Å²) in [5.41, 5.74) is 2.08. The van der Waals surface area contributed by atoms with Gasteiger partial charge in [-0.15, -0.1) is 0 Å². The first-order valence-electron chi connectivity index (χ1n) is 11.0. The third-order valence-electron chi connectivity index (χ3n) is 8.17. The normalized spacial score (nSPS) is 37.2. The Balaban J connectivity index is 1.47. The third-order valence-corrected chi connectivity index (χ3v) is 8.17. The van der Waals surface area contributed by atoms with Crippen LogP contribution in [0.3, 0.4) is 0 Å². The molecule has 2 nitrogen and oxygen atoms in total. The van der Waals surface area contributed by atoms with Crippen molar-refractivity contribution in [3.05, 3.63) is 59.7 Å². The molecule has 0 amide bonds. The molecule has 7 unspecified atom stereocenters. The second kappa shape index (κ2) is 5.95. The van der Waals surface area contributed by atoms with Crippen LogP contribution in [0.4, 0.5) is 0 Å². The third kappa shape index (κ3) is 2.24. The van der Waals surface area contributed by atoms with Crippen molar-refractivity contribution in [3.8, 4) is 0 Å². The fourth-order valence-electron chi connectivity index (χ4n) is 7.50. The zero-order chi connectivity index (χ0) is 19.0. The Kier molecular flexibility index (Phi) is 3.58. The molecule has 2 heteroatoms. The fraction of sp³-hybridized carbons (Fsp3) is 0.500. The van der Waals surface area contributed by atoms with Gasteiger partial charge in [0.25, 0.3) is 0 Å². The number of hydrogen-bond donors (Lipinski definition) is 0. The maximum absolute atomic E-state index is 13.0. The van der Waals surface area contributed by atoms with Crippen LogP contribution in [0.5, 0.6) is 0 Å². The van der Waals surface area contributed by atoms with E-state index in [0.29, 0.717) is 5.92 Å². The van der Waals surface area contributed by atoms with E-state index in [1.54, 1.807) is 0 Å². The van der Waals surface area contributed by atoms with Crippen molar-refractivity contribution in [2.45, 2.75) is 45.1 Å². The first-order valence-corrected chi connectivity index (χ1v) is 11.0. The average Bonchev–Trinajstić information content (AvgIpc) is 3.45. The Bertz CT molecular complexity index is 987. The van der Waals surface area contributed by atoms with Gasteiger partial charge < -0.3 is 4.74 Å². The van der Waals surface area contributed by atoms with Crippen LogP contribution in [-0.4, -0.2) is 12.1 Å². The maximum atomic E-state index is 13.0. The molecule has 0 saturated heterocycles. The van der Waals surface area contributed by atoms with Crippen LogP contribution < -0.4 is 0 Å². The highest BCUT2D eigenvalue weighted by molar-refractivity contribution is 5.99. The molecule has 0 aliphatic heterocycles. The Labute approximate surface area is 167 Å². The predicted molar refractivity (Wildman–Crippen MR) is 111 cm³/mol. The number of carbonyl (C=O) groups excluding carboxylic acids is 1. The van der Waals surface area contributed by atoms with E-state index in [4.69, 9.17) is 4.74 Å². The van der Waals surface area contributed by atoms with Crippen molar-refractivity contribution >= 4 is 16.7 Å². The van der Waals surface area contributed by atoms with Gasteiger partial charge in [-0.05, 0) is 96.9 Å². The summed E-state index contributed by atoms with van der Waals surface area (Å²) in [4.78, 5) is 13.0. The highest BCUT2D eigenvalue weighted by Crippen LogP contribution is 2.69. The Morgan fingerprint density at radius 2 is 1.75 bits per heavy atom. The van der Waals surface area contributed by atoms with Crippen molar-refractivity contribution in [2.75, 3.05) is 0 Å². The lowest BCUT2D eigenvalue weighted by Crippen LogP contribution is -2.31. The average molecular weight is 373 g/mol. The van der Waals surface area contributed by atoms with Crippen LogP contribution in [0.15, 0.2) is 48.6 Å². The summed E-state index contributed by atoms with van der Waals surface area (Å²) in [7, 11) is 0. The van der Waals surface area contributed by atoms with Gasteiger partial charge in [0.15, 0.2) is 0 Å². The van der Waals surface area contributed by atoms with Gasteiger partial charge in [-0.1, -0.05) is 42.5 Å². The molecule has 28 heavy (non-hydrogen) atoms. The van der Waals surface area contributed by atoms with Crippen molar-refractivity contribution in [1.82, 2.24) is 0 Å². The van der Waals surface area contributed by atoms with Crippen LogP contribution in [0.2, 0.25) is 0 Å². The molecule has 2 aromatic carbocycles. The summed E-state index contributed by atoms with van der Waals surface area (Å²) < 4.78 is 5.65. The van der Waals surface area contributed by atoms with Gasteiger partial charge in [-0.2, -0.15) is 0 Å². The molecule has 0 radical (unpaired) electrons. The van der Waals surface area contributed by atoms with Crippen LogP contribution in [0.1, 0.15) is 54.9 Å². The Morgan fingerprint density at radius 1 is 0.964 bits per heavy atom. The minimum absolute atomic E-state index is 0.0908. The molecule has 6 rings (SSSR count). The molecular weight excluding hydrogens is 344 g/mol. The number of ether oxygens (including phenoxy) is 1. The van der Waals surface area contributed by atoms with Crippen LogP contribution in [0, 0.1) is 35.5 Å². The number of rotatable bonds is 3. The van der Waals surface area contributed by atoms with Gasteiger partial charge in [0, 0.05) is 0 Å². The first kappa shape index (κ1) is 16.8. The van der Waals surface area contributed by atoms with E-state index in [-0.39, 0.29) is 12.1 Å². The predicted octanol–water partition coefficient (Wildman–Crippen LogP) is 5.97. The topological polar surface area (TPSA) is 26.3 Å². The zero-order valence-electron chi connectivity index (χ0n) is 16.7. The monoisotopic (exact) mass is 372 g/mol. The van der Waals surface area contributed by atoms with E-state index in [2.05, 4.69) is 42.5 Å². The zero-order valence-corrected chi connectivity index (χ0v) is 16.7. The molecular formula is C26H28O2. The summed E-state index contributed by atoms with van der Waals surface area (Å²) in [6.07, 6.45) is 8.90. The molecule has 0 heterocycles. The lowest BCUT2D eigenvalue weighted by molar-refractivity contribution is 0.0375. The molecule has 7 atom stereocenters. The number of esters is 1. The number of benzene rings is 2. The highest BCUT2D eigenvalue weighted by Gasteiger charge is 2.61. The number of carbonyl (C=O) groups is 1. The molecule has 2 aromatic rings. The lowest BCUT2D eigenvalue weighted by Gasteiger charge is -2.37. The van der Waals surface area contributed by atoms with E-state index in [0.717, 1.165) is 41.1 Å². The van der Waals surface area contributed by atoms with Gasteiger partial charge in [0.1, 0.15) is 0 Å². The van der Waals surface area contributed by atoms with Crippen LogP contribution >= 0.6 is 0 Å². The Hall–Kier alpha value is -2.09. The summed E-state index contributed by atoms with van der Waals surface area (Å²) in [6, 6.07) is 12.7.